The lowest BCUT2D eigenvalue weighted by molar-refractivity contribution is -0.128. The predicted molar refractivity (Wildman–Crippen MR) is 109 cm³/mol. The Bertz CT molecular complexity index is 967. The van der Waals surface area contributed by atoms with Gasteiger partial charge in [-0.15, -0.1) is 0 Å². The number of rotatable bonds is 6. The molecule has 1 aromatic carbocycles. The second-order valence-electron chi connectivity index (χ2n) is 6.66. The summed E-state index contributed by atoms with van der Waals surface area (Å²) >= 11 is 5.83. The summed E-state index contributed by atoms with van der Waals surface area (Å²) in [6, 6.07) is 9.21. The zero-order valence-corrected chi connectivity index (χ0v) is 17.1. The van der Waals surface area contributed by atoms with Crippen LogP contribution in [0.3, 0.4) is 0 Å². The molecule has 2 N–H and O–H groups in total. The SMILES string of the molecule is O=C(CNC(=O)[C@H]1CCCN(S(=O)(=O)c2ccc(Cl)cc2)C1)Nc1ccncc1. The monoisotopic (exact) mass is 436 g/mol. The smallest absolute Gasteiger partial charge is 0.243 e. The molecule has 1 saturated heterocycles. The van der Waals surface area contributed by atoms with Crippen molar-refractivity contribution in [1.29, 1.82) is 0 Å². The van der Waals surface area contributed by atoms with Crippen molar-refractivity contribution in [2.45, 2.75) is 17.7 Å². The molecule has 1 aliphatic heterocycles. The zero-order chi connectivity index (χ0) is 20.9. The molecule has 10 heteroatoms. The number of nitrogens with zero attached hydrogens (tertiary/aromatic N) is 2. The highest BCUT2D eigenvalue weighted by molar-refractivity contribution is 7.89. The fourth-order valence-corrected chi connectivity index (χ4v) is 4.73. The van der Waals surface area contributed by atoms with Crippen LogP contribution in [0, 0.1) is 5.92 Å². The molecular formula is C19H21ClN4O4S. The summed E-state index contributed by atoms with van der Waals surface area (Å²) < 4.78 is 26.9. The first-order valence-electron chi connectivity index (χ1n) is 9.09. The van der Waals surface area contributed by atoms with Crippen LogP contribution in [-0.4, -0.2) is 49.2 Å². The third-order valence-corrected chi connectivity index (χ3v) is 6.72. The zero-order valence-electron chi connectivity index (χ0n) is 15.5. The molecule has 29 heavy (non-hydrogen) atoms. The normalized spacial score (nSPS) is 17.5. The first kappa shape index (κ1) is 21.2. The van der Waals surface area contributed by atoms with Gasteiger partial charge >= 0.3 is 0 Å². The van der Waals surface area contributed by atoms with Gasteiger partial charge in [-0.25, -0.2) is 8.42 Å². The molecule has 1 aliphatic rings. The maximum atomic E-state index is 12.8. The van der Waals surface area contributed by atoms with Gasteiger partial charge in [-0.1, -0.05) is 11.6 Å². The molecule has 0 spiro atoms. The highest BCUT2D eigenvalue weighted by Crippen LogP contribution is 2.24. The van der Waals surface area contributed by atoms with Gasteiger partial charge in [0.25, 0.3) is 0 Å². The summed E-state index contributed by atoms with van der Waals surface area (Å²) in [6.07, 6.45) is 4.22. The Kier molecular flexibility index (Phi) is 6.83. The van der Waals surface area contributed by atoms with Crippen molar-refractivity contribution in [3.63, 3.8) is 0 Å². The lowest BCUT2D eigenvalue weighted by atomic mass is 9.99. The van der Waals surface area contributed by atoms with Crippen LogP contribution in [-0.2, 0) is 19.6 Å². The molecule has 2 aromatic rings. The van der Waals surface area contributed by atoms with E-state index in [1.165, 1.54) is 28.6 Å². The van der Waals surface area contributed by atoms with Crippen LogP contribution in [0.25, 0.3) is 0 Å². The van der Waals surface area contributed by atoms with Crippen LogP contribution in [0.15, 0.2) is 53.7 Å². The molecule has 0 radical (unpaired) electrons. The largest absolute Gasteiger partial charge is 0.347 e. The van der Waals surface area contributed by atoms with Crippen LogP contribution >= 0.6 is 11.6 Å². The molecule has 0 aliphatic carbocycles. The minimum atomic E-state index is -3.71. The van der Waals surface area contributed by atoms with E-state index in [9.17, 15) is 18.0 Å². The molecular weight excluding hydrogens is 416 g/mol. The molecule has 8 nitrogen and oxygen atoms in total. The first-order chi connectivity index (χ1) is 13.9. The van der Waals surface area contributed by atoms with E-state index < -0.39 is 15.9 Å². The van der Waals surface area contributed by atoms with Gasteiger partial charge in [0.15, 0.2) is 0 Å². The van der Waals surface area contributed by atoms with E-state index in [4.69, 9.17) is 11.6 Å². The van der Waals surface area contributed by atoms with Crippen molar-refractivity contribution < 1.29 is 18.0 Å². The molecule has 1 atom stereocenters. The van der Waals surface area contributed by atoms with Crippen molar-refractivity contribution in [2.24, 2.45) is 5.92 Å². The Labute approximate surface area is 174 Å². The number of carbonyl (C=O) groups is 2. The Balaban J connectivity index is 1.56. The van der Waals surface area contributed by atoms with E-state index in [2.05, 4.69) is 15.6 Å². The Morgan fingerprint density at radius 2 is 1.83 bits per heavy atom. The lowest BCUT2D eigenvalue weighted by Gasteiger charge is -2.31. The highest BCUT2D eigenvalue weighted by atomic mass is 35.5. The third kappa shape index (κ3) is 5.53. The second-order valence-corrected chi connectivity index (χ2v) is 9.03. The van der Waals surface area contributed by atoms with Crippen molar-refractivity contribution in [2.75, 3.05) is 25.0 Å². The number of nitrogens with one attached hydrogen (secondary N) is 2. The van der Waals surface area contributed by atoms with Crippen molar-refractivity contribution in [1.82, 2.24) is 14.6 Å². The number of pyridine rings is 1. The molecule has 1 aromatic heterocycles. The molecule has 2 amide bonds. The average Bonchev–Trinajstić information content (AvgIpc) is 2.73. The van der Waals surface area contributed by atoms with Crippen LogP contribution in [0.5, 0.6) is 0 Å². The van der Waals surface area contributed by atoms with Gasteiger partial charge < -0.3 is 10.6 Å². The van der Waals surface area contributed by atoms with E-state index in [1.54, 1.807) is 24.5 Å². The van der Waals surface area contributed by atoms with Gasteiger partial charge in [0.2, 0.25) is 21.8 Å². The molecule has 1 fully saturated rings. The molecule has 0 unspecified atom stereocenters. The minimum absolute atomic E-state index is 0.0722. The van der Waals surface area contributed by atoms with Crippen LogP contribution in [0.4, 0.5) is 5.69 Å². The second kappa shape index (κ2) is 9.34. The number of hydrogen-bond donors (Lipinski definition) is 2. The standard InChI is InChI=1S/C19H21ClN4O4S/c20-15-3-5-17(6-4-15)29(27,28)24-11-1-2-14(13-24)19(26)22-12-18(25)23-16-7-9-21-10-8-16/h3-10,14H,1-2,11-13H2,(H,22,26)(H,21,23,25)/t14-/m0/s1. The molecule has 3 rings (SSSR count). The number of sulfonamides is 1. The van der Waals surface area contributed by atoms with E-state index in [0.717, 1.165) is 0 Å². The Hall–Kier alpha value is -2.49. The van der Waals surface area contributed by atoms with E-state index in [0.29, 0.717) is 30.1 Å². The molecule has 0 bridgehead atoms. The van der Waals surface area contributed by atoms with Crippen LogP contribution in [0.1, 0.15) is 12.8 Å². The molecule has 2 heterocycles. The summed E-state index contributed by atoms with van der Waals surface area (Å²) in [4.78, 5) is 28.4. The van der Waals surface area contributed by atoms with Gasteiger partial charge in [0, 0.05) is 36.2 Å². The Morgan fingerprint density at radius 1 is 1.14 bits per heavy atom. The third-order valence-electron chi connectivity index (χ3n) is 4.59. The van der Waals surface area contributed by atoms with E-state index in [-0.39, 0.29) is 29.8 Å². The number of anilines is 1. The van der Waals surface area contributed by atoms with Crippen molar-refractivity contribution in [3.05, 3.63) is 53.8 Å². The number of piperidine rings is 1. The van der Waals surface area contributed by atoms with E-state index >= 15 is 0 Å². The molecule has 154 valence electrons. The van der Waals surface area contributed by atoms with Crippen LogP contribution < -0.4 is 10.6 Å². The number of carbonyl (C=O) groups excluding carboxylic acids is 2. The van der Waals surface area contributed by atoms with Crippen molar-refractivity contribution >= 4 is 39.1 Å². The van der Waals surface area contributed by atoms with Crippen molar-refractivity contribution in [3.8, 4) is 0 Å². The quantitative estimate of drug-likeness (QED) is 0.718. The first-order valence-corrected chi connectivity index (χ1v) is 10.9. The minimum Gasteiger partial charge on any atom is -0.347 e. The number of halogens is 1. The topological polar surface area (TPSA) is 108 Å². The summed E-state index contributed by atoms with van der Waals surface area (Å²) in [5.74, 6) is -1.23. The van der Waals surface area contributed by atoms with Crippen LogP contribution in [0.2, 0.25) is 5.02 Å². The fourth-order valence-electron chi connectivity index (χ4n) is 3.08. The Morgan fingerprint density at radius 3 is 2.52 bits per heavy atom. The number of aromatic nitrogens is 1. The fraction of sp³-hybridized carbons (Fsp3) is 0.316. The highest BCUT2D eigenvalue weighted by Gasteiger charge is 2.33. The summed E-state index contributed by atoms with van der Waals surface area (Å²) in [6.45, 7) is 0.224. The summed E-state index contributed by atoms with van der Waals surface area (Å²) in [5, 5.41) is 5.68. The summed E-state index contributed by atoms with van der Waals surface area (Å²) in [7, 11) is -3.71. The van der Waals surface area contributed by atoms with Gasteiger partial charge in [-0.3, -0.25) is 14.6 Å². The van der Waals surface area contributed by atoms with Gasteiger partial charge in [0.05, 0.1) is 17.4 Å². The number of amides is 2. The van der Waals surface area contributed by atoms with Gasteiger partial charge in [-0.2, -0.15) is 4.31 Å². The summed E-state index contributed by atoms with van der Waals surface area (Å²) in [5.41, 5.74) is 0.581. The maximum absolute atomic E-state index is 12.8. The molecule has 0 saturated carbocycles. The number of benzene rings is 1. The average molecular weight is 437 g/mol. The number of hydrogen-bond acceptors (Lipinski definition) is 5. The maximum Gasteiger partial charge on any atom is 0.243 e. The van der Waals surface area contributed by atoms with E-state index in [1.807, 2.05) is 0 Å². The van der Waals surface area contributed by atoms with Gasteiger partial charge in [-0.05, 0) is 49.2 Å². The lowest BCUT2D eigenvalue weighted by Crippen LogP contribution is -2.46. The van der Waals surface area contributed by atoms with Gasteiger partial charge in [0.1, 0.15) is 0 Å². The predicted octanol–water partition coefficient (Wildman–Crippen LogP) is 1.89.